The molecule has 1 aliphatic rings. The van der Waals surface area contributed by atoms with Crippen LogP contribution in [0.5, 0.6) is 5.75 Å². The normalized spacial score (nSPS) is 17.0. The number of anilines is 1. The Morgan fingerprint density at radius 2 is 2.12 bits per heavy atom. The van der Waals surface area contributed by atoms with Crippen LogP contribution in [0.2, 0.25) is 0 Å². The smallest absolute Gasteiger partial charge is 0.352 e. The minimum Gasteiger partial charge on any atom is -0.497 e. The molecule has 9 nitrogen and oxygen atoms in total. The van der Waals surface area contributed by atoms with Crippen molar-refractivity contribution in [1.82, 2.24) is 10.7 Å². The summed E-state index contributed by atoms with van der Waals surface area (Å²) in [7, 11) is 1.46. The molecule has 2 unspecified atom stereocenters. The number of benzene rings is 1. The van der Waals surface area contributed by atoms with Crippen molar-refractivity contribution >= 4 is 34.9 Å². The van der Waals surface area contributed by atoms with Crippen molar-refractivity contribution in [2.24, 2.45) is 5.84 Å². The van der Waals surface area contributed by atoms with Gasteiger partial charge in [-0.05, 0) is 31.3 Å². The van der Waals surface area contributed by atoms with Crippen molar-refractivity contribution in [2.75, 3.05) is 12.0 Å². The van der Waals surface area contributed by atoms with Gasteiger partial charge in [-0.2, -0.15) is 0 Å². The topological polar surface area (TPSA) is 137 Å². The summed E-state index contributed by atoms with van der Waals surface area (Å²) in [6, 6.07) is 4.00. The van der Waals surface area contributed by atoms with Crippen LogP contribution in [-0.2, 0) is 9.59 Å². The molecule has 1 aromatic carbocycles. The van der Waals surface area contributed by atoms with Crippen molar-refractivity contribution in [3.8, 4) is 5.75 Å². The number of amides is 1. The molecule has 0 spiro atoms. The molecule has 1 amide bonds. The summed E-state index contributed by atoms with van der Waals surface area (Å²) in [5.74, 6) is 3.73. The van der Waals surface area contributed by atoms with Gasteiger partial charge in [0.05, 0.1) is 12.8 Å². The number of rotatable bonds is 4. The third-order valence-corrected chi connectivity index (χ3v) is 3.95. The first kappa shape index (κ1) is 18.6. The third kappa shape index (κ3) is 3.71. The molecule has 0 fully saturated rings. The molecule has 0 bridgehead atoms. The van der Waals surface area contributed by atoms with Gasteiger partial charge in [0, 0.05) is 11.6 Å². The highest BCUT2D eigenvalue weighted by atomic mass is 32.1. The van der Waals surface area contributed by atoms with Crippen molar-refractivity contribution < 1.29 is 24.5 Å². The lowest BCUT2D eigenvalue weighted by atomic mass is 10.00. The molecule has 1 aromatic rings. The number of aliphatic hydroxyl groups excluding tert-OH is 1. The zero-order chi connectivity index (χ0) is 18.7. The van der Waals surface area contributed by atoms with Crippen LogP contribution in [0.3, 0.4) is 0 Å². The molecule has 134 valence electrons. The lowest BCUT2D eigenvalue weighted by Gasteiger charge is -2.33. The number of hydrogen-bond acceptors (Lipinski definition) is 6. The number of hydrazine groups is 1. The van der Waals surface area contributed by atoms with Gasteiger partial charge < -0.3 is 20.3 Å². The average Bonchev–Trinajstić information content (AvgIpc) is 2.59. The quantitative estimate of drug-likeness (QED) is 0.212. The van der Waals surface area contributed by atoms with E-state index < -0.39 is 24.0 Å². The summed E-state index contributed by atoms with van der Waals surface area (Å²) in [5.41, 5.74) is 2.52. The molecule has 1 aliphatic heterocycles. The highest BCUT2D eigenvalue weighted by Crippen LogP contribution is 2.38. The molecule has 2 atom stereocenters. The second-order valence-electron chi connectivity index (χ2n) is 5.24. The highest BCUT2D eigenvalue weighted by Gasteiger charge is 2.32. The molecule has 0 aromatic heterocycles. The first-order chi connectivity index (χ1) is 11.8. The van der Waals surface area contributed by atoms with Crippen molar-refractivity contribution in [1.29, 1.82) is 0 Å². The Hall–Kier alpha value is -2.69. The summed E-state index contributed by atoms with van der Waals surface area (Å²) in [5, 5.41) is 22.4. The zero-order valence-corrected chi connectivity index (χ0v) is 14.3. The van der Waals surface area contributed by atoms with E-state index in [0.717, 1.165) is 0 Å². The Balaban J connectivity index is 2.47. The molecule has 6 N–H and O–H groups in total. The maximum atomic E-state index is 11.6. The largest absolute Gasteiger partial charge is 0.497 e. The molecule has 10 heteroatoms. The number of carboxylic acids is 1. The van der Waals surface area contributed by atoms with E-state index >= 15 is 0 Å². The maximum absolute atomic E-state index is 11.6. The minimum atomic E-state index is -1.28. The molecule has 25 heavy (non-hydrogen) atoms. The van der Waals surface area contributed by atoms with Gasteiger partial charge in [0.1, 0.15) is 23.6 Å². The predicted molar refractivity (Wildman–Crippen MR) is 93.7 cm³/mol. The van der Waals surface area contributed by atoms with Gasteiger partial charge in [-0.15, -0.1) is 0 Å². The lowest BCUT2D eigenvalue weighted by Crippen LogP contribution is -2.52. The number of fused-ring (bicyclic) bond motifs is 1. The van der Waals surface area contributed by atoms with Crippen LogP contribution in [0.1, 0.15) is 18.6 Å². The number of aliphatic hydroxyl groups is 1. The fraction of sp³-hybridized carbons (Fsp3) is 0.267. The highest BCUT2D eigenvalue weighted by molar-refractivity contribution is 7.80. The Bertz CT molecular complexity index is 751. The van der Waals surface area contributed by atoms with Crippen molar-refractivity contribution in [2.45, 2.75) is 19.1 Å². The van der Waals surface area contributed by atoms with Crippen LogP contribution >= 0.6 is 12.2 Å². The molecule has 0 aliphatic carbocycles. The Labute approximate surface area is 149 Å². The van der Waals surface area contributed by atoms with Gasteiger partial charge in [-0.1, -0.05) is 6.07 Å². The van der Waals surface area contributed by atoms with Crippen molar-refractivity contribution in [3.63, 3.8) is 0 Å². The second-order valence-corrected chi connectivity index (χ2v) is 5.63. The van der Waals surface area contributed by atoms with Crippen LogP contribution in [0.4, 0.5) is 5.69 Å². The number of carboxylic acid groups (broad SMARTS) is 1. The molecule has 0 radical (unpaired) electrons. The van der Waals surface area contributed by atoms with Crippen LogP contribution in [0.15, 0.2) is 30.0 Å². The predicted octanol–water partition coefficient (Wildman–Crippen LogP) is -0.230. The van der Waals surface area contributed by atoms with E-state index in [0.29, 0.717) is 17.0 Å². The van der Waals surface area contributed by atoms with Gasteiger partial charge in [0.25, 0.3) is 5.91 Å². The van der Waals surface area contributed by atoms with E-state index in [4.69, 9.17) is 22.8 Å². The molecule has 0 saturated heterocycles. The van der Waals surface area contributed by atoms with Crippen LogP contribution in [-0.4, -0.2) is 40.4 Å². The van der Waals surface area contributed by atoms with Gasteiger partial charge in [0.2, 0.25) is 0 Å². The molecule has 1 heterocycles. The van der Waals surface area contributed by atoms with E-state index in [2.05, 4.69) is 5.32 Å². The summed E-state index contributed by atoms with van der Waals surface area (Å²) in [4.78, 5) is 24.4. The van der Waals surface area contributed by atoms with E-state index in [1.807, 2.05) is 5.43 Å². The summed E-state index contributed by atoms with van der Waals surface area (Å²) in [6.45, 7) is 1.52. The second kappa shape index (κ2) is 7.47. The number of nitrogens with one attached hydrogen (secondary N) is 2. The van der Waals surface area contributed by atoms with Crippen LogP contribution in [0.25, 0.3) is 0 Å². The first-order valence-corrected chi connectivity index (χ1v) is 7.63. The molecule has 0 saturated carbocycles. The standard InChI is InChI=1S/C15H18N4O5S/c1-7(13(21)18-16)17-15(25)19-10-5-8(24-2)3-4-9(10)12(20)6-11(19)14(22)23/h3-7,12,20H,16H2,1-2H3,(H,17,25)(H,18,21)(H,22,23). The molecular weight excluding hydrogens is 348 g/mol. The number of nitrogens with zero attached hydrogens (tertiary/aromatic N) is 1. The van der Waals surface area contributed by atoms with Crippen LogP contribution < -0.4 is 26.2 Å². The number of carbonyl (C=O) groups excluding carboxylic acids is 1. The lowest BCUT2D eigenvalue weighted by molar-refractivity contribution is -0.132. The van der Waals surface area contributed by atoms with Gasteiger partial charge in [-0.3, -0.25) is 15.1 Å². The van der Waals surface area contributed by atoms with Crippen molar-refractivity contribution in [3.05, 3.63) is 35.5 Å². The van der Waals surface area contributed by atoms with E-state index in [1.165, 1.54) is 25.0 Å². The summed E-state index contributed by atoms with van der Waals surface area (Å²) in [6.07, 6.45) is 0.0505. The Morgan fingerprint density at radius 1 is 1.44 bits per heavy atom. The Kier molecular flexibility index (Phi) is 5.57. The third-order valence-electron chi connectivity index (χ3n) is 3.65. The molecule has 2 rings (SSSR count). The Morgan fingerprint density at radius 3 is 2.68 bits per heavy atom. The van der Waals surface area contributed by atoms with E-state index in [9.17, 15) is 19.8 Å². The number of carbonyl (C=O) groups is 2. The number of methoxy groups -OCH3 is 1. The number of thiocarbonyl (C=S) groups is 1. The van der Waals surface area contributed by atoms with E-state index in [1.54, 1.807) is 18.2 Å². The average molecular weight is 366 g/mol. The summed E-state index contributed by atoms with van der Waals surface area (Å²) >= 11 is 5.28. The fourth-order valence-electron chi connectivity index (χ4n) is 2.36. The van der Waals surface area contributed by atoms with E-state index in [-0.39, 0.29) is 10.8 Å². The van der Waals surface area contributed by atoms with Crippen LogP contribution in [0, 0.1) is 0 Å². The maximum Gasteiger partial charge on any atom is 0.352 e. The van der Waals surface area contributed by atoms with Gasteiger partial charge >= 0.3 is 5.97 Å². The summed E-state index contributed by atoms with van der Waals surface area (Å²) < 4.78 is 5.16. The SMILES string of the molecule is COc1ccc2c(c1)N(C(=S)NC(C)C(=O)NN)C(C(=O)O)=CC2O. The number of hydrogen-bond donors (Lipinski definition) is 5. The monoisotopic (exact) mass is 366 g/mol. The number of ether oxygens (including phenoxy) is 1. The number of aliphatic carboxylic acids is 1. The van der Waals surface area contributed by atoms with Gasteiger partial charge in [0.15, 0.2) is 5.11 Å². The zero-order valence-electron chi connectivity index (χ0n) is 13.5. The fourth-order valence-corrected chi connectivity index (χ4v) is 2.74. The number of nitrogens with two attached hydrogens (primary N) is 1. The first-order valence-electron chi connectivity index (χ1n) is 7.22. The minimum absolute atomic E-state index is 0.0360. The van der Waals surface area contributed by atoms with Gasteiger partial charge in [-0.25, -0.2) is 10.6 Å². The molecular formula is C15H18N4O5S.